The monoisotopic (exact) mass is 631 g/mol. The highest BCUT2D eigenvalue weighted by atomic mass is 32.1. The Morgan fingerprint density at radius 2 is 1.67 bits per heavy atom. The van der Waals surface area contributed by atoms with E-state index in [2.05, 4.69) is 46.4 Å². The summed E-state index contributed by atoms with van der Waals surface area (Å²) in [6.07, 6.45) is 9.73. The molecule has 3 heterocycles. The lowest BCUT2D eigenvalue weighted by molar-refractivity contribution is -0.152. The summed E-state index contributed by atoms with van der Waals surface area (Å²) in [6.45, 7) is 9.92. The van der Waals surface area contributed by atoms with Crippen molar-refractivity contribution in [1.29, 1.82) is 0 Å². The van der Waals surface area contributed by atoms with Crippen molar-refractivity contribution in [1.82, 2.24) is 9.47 Å². The summed E-state index contributed by atoms with van der Waals surface area (Å²) in [5, 5.41) is 4.46. The van der Waals surface area contributed by atoms with Gasteiger partial charge in [-0.15, -0.1) is 11.3 Å². The number of esters is 1. The van der Waals surface area contributed by atoms with Gasteiger partial charge in [0, 0.05) is 60.5 Å². The maximum absolute atomic E-state index is 12.9. The normalized spacial score (nSPS) is 14.7. The van der Waals surface area contributed by atoms with E-state index in [9.17, 15) is 9.59 Å². The van der Waals surface area contributed by atoms with Crippen LogP contribution in [-0.2, 0) is 9.53 Å². The fourth-order valence-corrected chi connectivity index (χ4v) is 7.13. The Labute approximate surface area is 271 Å². The number of nitrogens with zero attached hydrogens (tertiary/aromatic N) is 3. The second-order valence-corrected chi connectivity index (χ2v) is 13.2. The van der Waals surface area contributed by atoms with E-state index >= 15 is 0 Å². The van der Waals surface area contributed by atoms with Gasteiger partial charge in [-0.1, -0.05) is 51.5 Å². The van der Waals surface area contributed by atoms with Crippen molar-refractivity contribution in [3.63, 3.8) is 0 Å². The van der Waals surface area contributed by atoms with Gasteiger partial charge in [0.25, 0.3) is 5.56 Å². The number of unbranched alkanes of at least 4 members (excludes halogenated alkanes) is 7. The van der Waals surface area contributed by atoms with Gasteiger partial charge in [-0.3, -0.25) is 19.1 Å². The Bertz CT molecular complexity index is 1570. The van der Waals surface area contributed by atoms with Gasteiger partial charge in [-0.05, 0) is 79.9 Å². The number of hydrogen-bond acceptors (Lipinski definition) is 7. The molecule has 1 atom stereocenters. The summed E-state index contributed by atoms with van der Waals surface area (Å²) in [4.78, 5) is 30.5. The van der Waals surface area contributed by atoms with Crippen LogP contribution in [-0.4, -0.2) is 54.8 Å². The molecule has 45 heavy (non-hydrogen) atoms. The second kappa shape index (κ2) is 16.8. The first kappa shape index (κ1) is 33.0. The van der Waals surface area contributed by atoms with Gasteiger partial charge in [0.15, 0.2) is 6.23 Å². The minimum atomic E-state index is -0.688. The number of hydrogen-bond donors (Lipinski definition) is 0. The van der Waals surface area contributed by atoms with Crippen LogP contribution in [0.1, 0.15) is 84.3 Å². The lowest BCUT2D eigenvalue weighted by Gasteiger charge is -2.36. The molecule has 0 N–H and O–H groups in total. The van der Waals surface area contributed by atoms with E-state index in [1.54, 1.807) is 11.5 Å². The number of rotatable bonds is 17. The van der Waals surface area contributed by atoms with Gasteiger partial charge in [-0.2, -0.15) is 0 Å². The number of piperazine rings is 1. The predicted octanol–water partition coefficient (Wildman–Crippen LogP) is 8.40. The average molecular weight is 632 g/mol. The number of thiophene rings is 1. The van der Waals surface area contributed by atoms with Crippen molar-refractivity contribution in [2.45, 2.75) is 84.3 Å². The van der Waals surface area contributed by atoms with E-state index < -0.39 is 6.23 Å². The van der Waals surface area contributed by atoms with Gasteiger partial charge >= 0.3 is 5.97 Å². The zero-order valence-electron chi connectivity index (χ0n) is 27.0. The molecular weight excluding hydrogens is 582 g/mol. The molecule has 1 aliphatic heterocycles. The first-order chi connectivity index (χ1) is 22.0. The van der Waals surface area contributed by atoms with Gasteiger partial charge in [0.05, 0.1) is 12.1 Å². The van der Waals surface area contributed by atoms with Crippen LogP contribution in [0.2, 0.25) is 0 Å². The minimum absolute atomic E-state index is 0.192. The Balaban J connectivity index is 1.05. The maximum atomic E-state index is 12.9. The third-order valence-electron chi connectivity index (χ3n) is 8.88. The van der Waals surface area contributed by atoms with Crippen molar-refractivity contribution >= 4 is 44.0 Å². The van der Waals surface area contributed by atoms with Crippen molar-refractivity contribution in [3.8, 4) is 5.75 Å². The molecule has 1 saturated heterocycles. The Morgan fingerprint density at radius 1 is 0.889 bits per heavy atom. The van der Waals surface area contributed by atoms with Crippen molar-refractivity contribution in [2.24, 2.45) is 0 Å². The van der Waals surface area contributed by atoms with Crippen LogP contribution in [0.3, 0.4) is 0 Å². The molecule has 0 bridgehead atoms. The molecule has 2 aromatic carbocycles. The van der Waals surface area contributed by atoms with E-state index in [0.29, 0.717) is 18.5 Å². The molecule has 2 aromatic heterocycles. The maximum Gasteiger partial charge on any atom is 0.307 e. The number of ether oxygens (including phenoxy) is 2. The number of fused-ring (bicyclic) bond motifs is 2. The quantitative estimate of drug-likeness (QED) is 0.0862. The molecule has 0 aliphatic carbocycles. The fraction of sp³-hybridized carbons (Fsp3) is 0.514. The summed E-state index contributed by atoms with van der Waals surface area (Å²) in [7, 11) is 0. The second-order valence-electron chi connectivity index (χ2n) is 12.2. The zero-order valence-corrected chi connectivity index (χ0v) is 27.9. The van der Waals surface area contributed by atoms with Crippen LogP contribution in [0.15, 0.2) is 64.8 Å². The lowest BCUT2D eigenvalue weighted by Crippen LogP contribution is -2.46. The number of benzene rings is 2. The molecule has 1 aliphatic rings. The Hall–Kier alpha value is -3.36. The molecule has 1 unspecified atom stereocenters. The van der Waals surface area contributed by atoms with E-state index in [4.69, 9.17) is 9.47 Å². The smallest absolute Gasteiger partial charge is 0.307 e. The molecule has 0 amide bonds. The first-order valence-corrected chi connectivity index (χ1v) is 17.8. The van der Waals surface area contributed by atoms with E-state index in [0.717, 1.165) is 76.0 Å². The van der Waals surface area contributed by atoms with E-state index in [-0.39, 0.29) is 11.5 Å². The van der Waals surface area contributed by atoms with Crippen LogP contribution in [0.4, 0.5) is 5.69 Å². The minimum Gasteiger partial charge on any atom is -0.494 e. The standard InChI is InChI=1S/C37H49N3O4S/c1-3-4-5-6-7-8-9-15-37(42)44-29(2)40-34-28-31(18-16-30(34)17-19-36(40)41)43-26-11-10-21-38-22-24-39(25-23-38)33-13-12-14-35-32(33)20-27-45-35/h12-14,16-20,27-29H,3-11,15,21-26H2,1-2H3. The molecule has 8 heteroatoms. The SMILES string of the molecule is CCCCCCCCCC(=O)OC(C)n1c(=O)ccc2ccc(OCCCCN3CCN(c4cccc5sccc45)CC3)cc21. The van der Waals surface area contributed by atoms with E-state index in [1.807, 2.05) is 35.6 Å². The summed E-state index contributed by atoms with van der Waals surface area (Å²) in [5.74, 6) is 0.466. The first-order valence-electron chi connectivity index (χ1n) is 16.9. The van der Waals surface area contributed by atoms with Gasteiger partial charge in [0.1, 0.15) is 5.75 Å². The third-order valence-corrected chi connectivity index (χ3v) is 9.76. The zero-order chi connectivity index (χ0) is 31.4. The molecule has 5 rings (SSSR count). The van der Waals surface area contributed by atoms with Crippen LogP contribution >= 0.6 is 11.3 Å². The van der Waals surface area contributed by atoms with Crippen LogP contribution in [0, 0.1) is 0 Å². The number of anilines is 1. The van der Waals surface area contributed by atoms with Crippen molar-refractivity contribution < 1.29 is 14.3 Å². The summed E-state index contributed by atoms with van der Waals surface area (Å²) in [5.41, 5.74) is 1.88. The van der Waals surface area contributed by atoms with Crippen LogP contribution in [0.25, 0.3) is 21.0 Å². The molecule has 0 radical (unpaired) electrons. The van der Waals surface area contributed by atoms with Gasteiger partial charge in [-0.25, -0.2) is 0 Å². The van der Waals surface area contributed by atoms with Crippen LogP contribution < -0.4 is 15.2 Å². The highest BCUT2D eigenvalue weighted by Crippen LogP contribution is 2.31. The molecule has 242 valence electrons. The Kier molecular flexibility index (Phi) is 12.3. The largest absolute Gasteiger partial charge is 0.494 e. The highest BCUT2D eigenvalue weighted by Gasteiger charge is 2.19. The van der Waals surface area contributed by atoms with E-state index in [1.165, 1.54) is 47.5 Å². The lowest BCUT2D eigenvalue weighted by atomic mass is 10.1. The molecule has 1 fully saturated rings. The third kappa shape index (κ3) is 9.10. The number of pyridine rings is 1. The number of carbonyl (C=O) groups excluding carboxylic acids is 1. The fourth-order valence-electron chi connectivity index (χ4n) is 6.32. The van der Waals surface area contributed by atoms with Crippen molar-refractivity contribution in [3.05, 3.63) is 70.3 Å². The van der Waals surface area contributed by atoms with Crippen LogP contribution in [0.5, 0.6) is 5.75 Å². The number of aromatic nitrogens is 1. The van der Waals surface area contributed by atoms with Crippen molar-refractivity contribution in [2.75, 3.05) is 44.2 Å². The topological polar surface area (TPSA) is 64.0 Å². The molecule has 0 spiro atoms. The molecule has 7 nitrogen and oxygen atoms in total. The molecule has 0 saturated carbocycles. The number of carbonyl (C=O) groups is 1. The van der Waals surface area contributed by atoms with Gasteiger partial charge in [0.2, 0.25) is 0 Å². The summed E-state index contributed by atoms with van der Waals surface area (Å²) in [6, 6.07) is 18.0. The average Bonchev–Trinajstić information content (AvgIpc) is 3.54. The molecular formula is C37H49N3O4S. The Morgan fingerprint density at radius 3 is 2.49 bits per heavy atom. The summed E-state index contributed by atoms with van der Waals surface area (Å²) >= 11 is 1.81. The highest BCUT2D eigenvalue weighted by molar-refractivity contribution is 7.17. The van der Waals surface area contributed by atoms with Gasteiger partial charge < -0.3 is 14.4 Å². The predicted molar refractivity (Wildman–Crippen MR) is 187 cm³/mol. The molecule has 4 aromatic rings. The summed E-state index contributed by atoms with van der Waals surface area (Å²) < 4.78 is 14.7.